The zero-order valence-corrected chi connectivity index (χ0v) is 65.9. The molecule has 0 aromatic carbocycles. The van der Waals surface area contributed by atoms with Crippen LogP contribution in [0.15, 0.2) is 0 Å². The van der Waals surface area contributed by atoms with E-state index in [1.54, 1.807) is 0 Å². The average Bonchev–Trinajstić information content (AvgIpc) is 1.03. The molecule has 582 valence electrons. The summed E-state index contributed by atoms with van der Waals surface area (Å²) in [6, 6.07) is 0. The van der Waals surface area contributed by atoms with Crippen LogP contribution < -0.4 is 0 Å². The smallest absolute Gasteiger partial charge is 0.462 e. The second-order valence-corrected chi connectivity index (χ2v) is 32.1. The van der Waals surface area contributed by atoms with Crippen molar-refractivity contribution < 1.29 is 80.2 Å². The molecule has 0 radical (unpaired) electrons. The van der Waals surface area contributed by atoms with Crippen LogP contribution in [0.4, 0.5) is 0 Å². The van der Waals surface area contributed by atoms with Crippen molar-refractivity contribution in [3.63, 3.8) is 0 Å². The first kappa shape index (κ1) is 96.1. The Labute approximate surface area is 600 Å². The number of carbonyl (C=O) groups excluding carboxylic acids is 4. The van der Waals surface area contributed by atoms with Gasteiger partial charge in [-0.25, -0.2) is 9.13 Å². The van der Waals surface area contributed by atoms with Gasteiger partial charge in [0.15, 0.2) is 12.2 Å². The molecule has 0 spiro atoms. The molecular weight excluding hydrogens is 1280 g/mol. The molecule has 0 saturated heterocycles. The van der Waals surface area contributed by atoms with E-state index in [9.17, 15) is 43.2 Å². The number of carbonyl (C=O) groups is 4. The molecule has 0 heterocycles. The number of aliphatic hydroxyl groups is 1. The number of unbranched alkanes of at least 4 members (excludes halogenated alkanes) is 47. The standard InChI is InChI=1S/C79H154O17P2/c1-7-10-12-14-16-18-20-22-24-25-26-27-28-30-32-34-36-45-51-57-63-78(83)95-74(67-89-76(81)61-55-49-43-35-33-31-29-23-21-19-17-15-13-11-8-2)69-93-97(85,86)91-65-73(80)66-92-98(87,88)94-70-75(68-90-77(82)62-56-50-44-39-37-41-47-53-59-71(4)5)96-79(84)64-58-52-46-40-38-42-48-54-60-72(6)9-3/h71-75,80H,7-70H2,1-6H3,(H,85,86)(H,87,88)/t72?,73-,74-,75-/m1/s1. The number of hydrogen-bond acceptors (Lipinski definition) is 15. The molecule has 0 aliphatic rings. The van der Waals surface area contributed by atoms with E-state index < -0.39 is 97.5 Å². The molecular formula is C79H154O17P2. The summed E-state index contributed by atoms with van der Waals surface area (Å²) in [6.07, 6.45) is 59.7. The highest BCUT2D eigenvalue weighted by Crippen LogP contribution is 2.45. The molecule has 3 unspecified atom stereocenters. The van der Waals surface area contributed by atoms with Crippen LogP contribution in [0.2, 0.25) is 0 Å². The van der Waals surface area contributed by atoms with Crippen molar-refractivity contribution >= 4 is 39.5 Å². The number of hydrogen-bond donors (Lipinski definition) is 3. The number of phosphoric acid groups is 2. The molecule has 0 bridgehead atoms. The van der Waals surface area contributed by atoms with Crippen LogP contribution in [0.5, 0.6) is 0 Å². The second kappa shape index (κ2) is 70.7. The van der Waals surface area contributed by atoms with Gasteiger partial charge in [0.1, 0.15) is 19.3 Å². The van der Waals surface area contributed by atoms with E-state index in [0.29, 0.717) is 25.7 Å². The molecule has 0 saturated carbocycles. The van der Waals surface area contributed by atoms with Gasteiger partial charge >= 0.3 is 39.5 Å². The van der Waals surface area contributed by atoms with Crippen LogP contribution in [0, 0.1) is 11.8 Å². The third-order valence-corrected chi connectivity index (χ3v) is 20.7. The van der Waals surface area contributed by atoms with E-state index in [4.69, 9.17) is 37.0 Å². The zero-order valence-electron chi connectivity index (χ0n) is 64.1. The number of rotatable bonds is 78. The van der Waals surface area contributed by atoms with E-state index in [-0.39, 0.29) is 25.7 Å². The van der Waals surface area contributed by atoms with Crippen molar-refractivity contribution in [2.24, 2.45) is 11.8 Å². The third-order valence-electron chi connectivity index (χ3n) is 18.8. The van der Waals surface area contributed by atoms with Crippen molar-refractivity contribution in [3.8, 4) is 0 Å². The van der Waals surface area contributed by atoms with Gasteiger partial charge in [-0.2, -0.15) is 0 Å². The Kier molecular flexibility index (Phi) is 69.3. The minimum absolute atomic E-state index is 0.105. The summed E-state index contributed by atoms with van der Waals surface area (Å²) in [7, 11) is -9.92. The molecule has 3 N–H and O–H groups in total. The van der Waals surface area contributed by atoms with E-state index in [1.807, 2.05) is 0 Å². The van der Waals surface area contributed by atoms with Gasteiger partial charge in [-0.1, -0.05) is 363 Å². The normalized spacial score (nSPS) is 14.2. The fraction of sp³-hybridized carbons (Fsp3) is 0.949. The Morgan fingerprint density at radius 2 is 0.520 bits per heavy atom. The molecule has 19 heteroatoms. The Hall–Kier alpha value is -1.94. The van der Waals surface area contributed by atoms with E-state index in [0.717, 1.165) is 102 Å². The molecule has 0 aliphatic carbocycles. The Balaban J connectivity index is 5.23. The first-order valence-corrected chi connectivity index (χ1v) is 44.0. The summed E-state index contributed by atoms with van der Waals surface area (Å²) in [5.41, 5.74) is 0. The summed E-state index contributed by atoms with van der Waals surface area (Å²) < 4.78 is 68.6. The quantitative estimate of drug-likeness (QED) is 0.0222. The molecule has 17 nitrogen and oxygen atoms in total. The molecule has 0 rings (SSSR count). The second-order valence-electron chi connectivity index (χ2n) is 29.2. The van der Waals surface area contributed by atoms with Crippen molar-refractivity contribution in [2.75, 3.05) is 39.6 Å². The lowest BCUT2D eigenvalue weighted by molar-refractivity contribution is -0.161. The van der Waals surface area contributed by atoms with Gasteiger partial charge in [0.2, 0.25) is 0 Å². The van der Waals surface area contributed by atoms with Gasteiger partial charge in [-0.3, -0.25) is 37.3 Å². The molecule has 0 aliphatic heterocycles. The van der Waals surface area contributed by atoms with Gasteiger partial charge in [0.05, 0.1) is 26.4 Å². The number of esters is 4. The number of ether oxygens (including phenoxy) is 4. The lowest BCUT2D eigenvalue weighted by Crippen LogP contribution is -2.30. The molecule has 98 heavy (non-hydrogen) atoms. The molecule has 0 fully saturated rings. The lowest BCUT2D eigenvalue weighted by Gasteiger charge is -2.21. The first-order chi connectivity index (χ1) is 47.4. The number of aliphatic hydroxyl groups excluding tert-OH is 1. The molecule has 6 atom stereocenters. The monoisotopic (exact) mass is 1440 g/mol. The summed E-state index contributed by atoms with van der Waals surface area (Å²) >= 11 is 0. The predicted octanol–water partition coefficient (Wildman–Crippen LogP) is 23.5. The number of phosphoric ester groups is 2. The first-order valence-electron chi connectivity index (χ1n) is 41.0. The fourth-order valence-corrected chi connectivity index (χ4v) is 13.7. The topological polar surface area (TPSA) is 237 Å². The van der Waals surface area contributed by atoms with Gasteiger partial charge in [0.25, 0.3) is 0 Å². The fourth-order valence-electron chi connectivity index (χ4n) is 12.2. The SMILES string of the molecule is CCCCCCCCCCCCCCCCCCCCCCC(=O)O[C@H](COC(=O)CCCCCCCCCCCCCCCCC)COP(=O)(O)OC[C@@H](O)COP(=O)(O)OC[C@@H](COC(=O)CCCCCCCCCCC(C)C)OC(=O)CCCCCCCCCCC(C)CC. The van der Waals surface area contributed by atoms with E-state index in [1.165, 1.54) is 231 Å². The predicted molar refractivity (Wildman–Crippen MR) is 400 cm³/mol. The average molecular weight is 1440 g/mol. The van der Waals surface area contributed by atoms with Crippen molar-refractivity contribution in [2.45, 2.75) is 432 Å². The van der Waals surface area contributed by atoms with Gasteiger partial charge in [-0.05, 0) is 37.5 Å². The van der Waals surface area contributed by atoms with Gasteiger partial charge in [-0.15, -0.1) is 0 Å². The summed E-state index contributed by atoms with van der Waals surface area (Å²) in [4.78, 5) is 72.9. The maximum Gasteiger partial charge on any atom is 0.472 e. The van der Waals surface area contributed by atoms with E-state index >= 15 is 0 Å². The maximum absolute atomic E-state index is 13.1. The third kappa shape index (κ3) is 71.1. The molecule has 0 aromatic rings. The highest BCUT2D eigenvalue weighted by Gasteiger charge is 2.30. The largest absolute Gasteiger partial charge is 0.472 e. The highest BCUT2D eigenvalue weighted by atomic mass is 31.2. The van der Waals surface area contributed by atoms with Gasteiger partial charge in [0, 0.05) is 25.7 Å². The van der Waals surface area contributed by atoms with Crippen LogP contribution in [0.1, 0.15) is 414 Å². The van der Waals surface area contributed by atoms with Crippen LogP contribution in [-0.4, -0.2) is 96.7 Å². The Morgan fingerprint density at radius 3 is 0.776 bits per heavy atom. The van der Waals surface area contributed by atoms with Crippen LogP contribution in [-0.2, 0) is 65.4 Å². The van der Waals surface area contributed by atoms with Crippen molar-refractivity contribution in [1.29, 1.82) is 0 Å². The van der Waals surface area contributed by atoms with Crippen LogP contribution in [0.3, 0.4) is 0 Å². The van der Waals surface area contributed by atoms with Crippen LogP contribution >= 0.6 is 15.6 Å². The highest BCUT2D eigenvalue weighted by molar-refractivity contribution is 7.47. The maximum atomic E-state index is 13.1. The van der Waals surface area contributed by atoms with E-state index in [2.05, 4.69) is 41.5 Å². The minimum Gasteiger partial charge on any atom is -0.462 e. The lowest BCUT2D eigenvalue weighted by atomic mass is 9.99. The van der Waals surface area contributed by atoms with Crippen molar-refractivity contribution in [1.82, 2.24) is 0 Å². The summed E-state index contributed by atoms with van der Waals surface area (Å²) in [6.45, 7) is 9.58. The molecule has 0 amide bonds. The van der Waals surface area contributed by atoms with Crippen molar-refractivity contribution in [3.05, 3.63) is 0 Å². The van der Waals surface area contributed by atoms with Gasteiger partial charge < -0.3 is 33.8 Å². The molecule has 0 aromatic heterocycles. The Bertz CT molecular complexity index is 1890. The summed E-state index contributed by atoms with van der Waals surface area (Å²) in [5, 5.41) is 10.6. The Morgan fingerprint density at radius 1 is 0.296 bits per heavy atom. The summed E-state index contributed by atoms with van der Waals surface area (Å²) in [5.74, 6) is -0.618. The van der Waals surface area contributed by atoms with Crippen LogP contribution in [0.25, 0.3) is 0 Å². The zero-order chi connectivity index (χ0) is 72.1. The minimum atomic E-state index is -4.96.